The number of hydrogen-bond donors (Lipinski definition) is 0. The van der Waals surface area contributed by atoms with Gasteiger partial charge in [0.05, 0.1) is 20.3 Å². The van der Waals surface area contributed by atoms with E-state index >= 15 is 0 Å². The van der Waals surface area contributed by atoms with Crippen molar-refractivity contribution in [2.24, 2.45) is 5.41 Å². The molecule has 0 bridgehead atoms. The fourth-order valence-electron chi connectivity index (χ4n) is 7.29. The molecule has 7 rings (SSSR count). The molecule has 2 heterocycles. The summed E-state index contributed by atoms with van der Waals surface area (Å²) in [5.74, 6) is -0.554. The highest BCUT2D eigenvalue weighted by atomic mass is 16.5. The number of rotatable bonds is 5. The van der Waals surface area contributed by atoms with Gasteiger partial charge in [-0.25, -0.2) is 0 Å². The fourth-order valence-corrected chi connectivity index (χ4v) is 7.29. The minimum absolute atomic E-state index is 0.168. The number of anilines is 1. The van der Waals surface area contributed by atoms with Gasteiger partial charge in [0.1, 0.15) is 23.0 Å². The molecule has 4 aromatic rings. The Morgan fingerprint density at radius 3 is 2.17 bits per heavy atom. The van der Waals surface area contributed by atoms with Gasteiger partial charge in [0.25, 0.3) is 0 Å². The lowest BCUT2D eigenvalue weighted by molar-refractivity contribution is 0.0665. The average molecular weight is 556 g/mol. The van der Waals surface area contributed by atoms with Crippen LogP contribution < -0.4 is 14.4 Å². The van der Waals surface area contributed by atoms with E-state index in [4.69, 9.17) is 9.47 Å². The van der Waals surface area contributed by atoms with Crippen molar-refractivity contribution in [1.82, 2.24) is 0 Å². The monoisotopic (exact) mass is 555 g/mol. The summed E-state index contributed by atoms with van der Waals surface area (Å²) in [4.78, 5) is 46.4. The second-order valence-corrected chi connectivity index (χ2v) is 11.1. The van der Waals surface area contributed by atoms with E-state index < -0.39 is 23.4 Å². The van der Waals surface area contributed by atoms with E-state index in [9.17, 15) is 14.4 Å². The zero-order valence-electron chi connectivity index (χ0n) is 23.5. The van der Waals surface area contributed by atoms with Crippen LogP contribution in [0.25, 0.3) is 6.08 Å². The first-order chi connectivity index (χ1) is 20.4. The van der Waals surface area contributed by atoms with Gasteiger partial charge in [0, 0.05) is 39.9 Å². The summed E-state index contributed by atoms with van der Waals surface area (Å²) < 4.78 is 11.4. The summed E-state index contributed by atoms with van der Waals surface area (Å²) in [6, 6.07) is 25.9. The molecule has 6 nitrogen and oxygen atoms in total. The molecular weight excluding hydrogens is 526 g/mol. The number of carbonyl (C=O) groups excluding carboxylic acids is 3. The second kappa shape index (κ2) is 9.55. The SMILES string of the molecule is COc1ccc([C@H]2[C@@H](C(=O)c3ccccc3)N3c4ccc(C)cc4C=C[C@@H]3C23C(=O)c2ccccc2C3=O)c(OC)c1. The highest BCUT2D eigenvalue weighted by Gasteiger charge is 2.72. The van der Waals surface area contributed by atoms with Gasteiger partial charge in [-0.2, -0.15) is 0 Å². The third kappa shape index (κ3) is 3.41. The van der Waals surface area contributed by atoms with Crippen LogP contribution in [0.5, 0.6) is 11.5 Å². The van der Waals surface area contributed by atoms with Gasteiger partial charge in [0.15, 0.2) is 17.3 Å². The first-order valence-electron chi connectivity index (χ1n) is 14.0. The van der Waals surface area contributed by atoms with Crippen molar-refractivity contribution in [2.45, 2.75) is 24.9 Å². The summed E-state index contributed by atoms with van der Waals surface area (Å²) in [6.45, 7) is 2.02. The number of carbonyl (C=O) groups is 3. The summed E-state index contributed by atoms with van der Waals surface area (Å²) in [6.07, 6.45) is 3.91. The number of aryl methyl sites for hydroxylation is 1. The smallest absolute Gasteiger partial charge is 0.185 e. The third-order valence-corrected chi connectivity index (χ3v) is 9.06. The Kier molecular flexibility index (Phi) is 5.91. The predicted octanol–water partition coefficient (Wildman–Crippen LogP) is 6.33. The largest absolute Gasteiger partial charge is 0.497 e. The molecule has 4 aromatic carbocycles. The molecule has 0 saturated carbocycles. The van der Waals surface area contributed by atoms with E-state index in [1.54, 1.807) is 62.8 Å². The van der Waals surface area contributed by atoms with Gasteiger partial charge >= 0.3 is 0 Å². The number of fused-ring (bicyclic) bond motifs is 5. The van der Waals surface area contributed by atoms with Crippen LogP contribution in [0.2, 0.25) is 0 Å². The zero-order valence-corrected chi connectivity index (χ0v) is 23.5. The Balaban J connectivity index is 1.57. The standard InChI is InChI=1S/C36H29NO5/c1-21-13-17-28-23(19-21)14-18-30-36(34(39)25-11-7-8-12-26(25)35(36)40)31(27-16-15-24(41-2)20-29(27)42-3)32(37(28)30)33(38)22-9-5-4-6-10-22/h4-20,30-32H,1-3H3/t30-,31+,32+/m1/s1. The van der Waals surface area contributed by atoms with E-state index in [1.807, 2.05) is 60.4 Å². The van der Waals surface area contributed by atoms with Crippen molar-refractivity contribution in [3.05, 3.63) is 130 Å². The number of methoxy groups -OCH3 is 2. The molecule has 1 saturated heterocycles. The van der Waals surface area contributed by atoms with Crippen LogP contribution in [-0.4, -0.2) is 43.7 Å². The van der Waals surface area contributed by atoms with Gasteiger partial charge in [-0.15, -0.1) is 0 Å². The van der Waals surface area contributed by atoms with E-state index in [1.165, 1.54) is 0 Å². The first-order valence-corrected chi connectivity index (χ1v) is 14.0. The molecule has 3 aliphatic rings. The minimum Gasteiger partial charge on any atom is -0.497 e. The van der Waals surface area contributed by atoms with Crippen molar-refractivity contribution >= 4 is 29.1 Å². The van der Waals surface area contributed by atoms with Crippen molar-refractivity contribution in [3.63, 3.8) is 0 Å². The Bertz CT molecular complexity index is 1770. The molecule has 0 radical (unpaired) electrons. The van der Waals surface area contributed by atoms with Crippen LogP contribution in [0.4, 0.5) is 5.69 Å². The minimum atomic E-state index is -1.60. The molecule has 0 amide bonds. The topological polar surface area (TPSA) is 72.9 Å². The highest BCUT2D eigenvalue weighted by Crippen LogP contribution is 2.62. The number of benzene rings is 4. The summed E-state index contributed by atoms with van der Waals surface area (Å²) >= 11 is 0. The lowest BCUT2D eigenvalue weighted by Gasteiger charge is -2.37. The maximum Gasteiger partial charge on any atom is 0.185 e. The third-order valence-electron chi connectivity index (χ3n) is 9.06. The van der Waals surface area contributed by atoms with Crippen LogP contribution in [0.1, 0.15) is 53.7 Å². The molecule has 208 valence electrons. The Hall–Kier alpha value is -4.97. The molecule has 0 unspecified atom stereocenters. The van der Waals surface area contributed by atoms with Crippen molar-refractivity contribution in [3.8, 4) is 11.5 Å². The van der Waals surface area contributed by atoms with Crippen LogP contribution in [0, 0.1) is 12.3 Å². The summed E-state index contributed by atoms with van der Waals surface area (Å²) in [7, 11) is 3.12. The number of Topliss-reactive ketones (excluding diaryl/α,β-unsaturated/α-hetero) is 3. The van der Waals surface area contributed by atoms with E-state index in [0.717, 1.165) is 16.8 Å². The average Bonchev–Trinajstić information content (AvgIpc) is 3.46. The van der Waals surface area contributed by atoms with Crippen LogP contribution in [0.15, 0.2) is 97.1 Å². The normalized spacial score (nSPS) is 21.2. The van der Waals surface area contributed by atoms with Crippen molar-refractivity contribution < 1.29 is 23.9 Å². The van der Waals surface area contributed by atoms with Gasteiger partial charge < -0.3 is 14.4 Å². The maximum atomic E-state index is 14.8. The predicted molar refractivity (Wildman–Crippen MR) is 161 cm³/mol. The molecule has 0 N–H and O–H groups in total. The second-order valence-electron chi connectivity index (χ2n) is 11.1. The first kappa shape index (κ1) is 26.0. The summed E-state index contributed by atoms with van der Waals surface area (Å²) in [5, 5.41) is 0. The Labute approximate surface area is 244 Å². The van der Waals surface area contributed by atoms with Crippen molar-refractivity contribution in [2.75, 3.05) is 19.1 Å². The van der Waals surface area contributed by atoms with Crippen molar-refractivity contribution in [1.29, 1.82) is 0 Å². The van der Waals surface area contributed by atoms with Crippen LogP contribution in [-0.2, 0) is 0 Å². The number of hydrogen-bond acceptors (Lipinski definition) is 6. The molecule has 1 aliphatic carbocycles. The quantitative estimate of drug-likeness (QED) is 0.212. The molecule has 1 spiro atoms. The molecule has 6 heteroatoms. The summed E-state index contributed by atoms with van der Waals surface area (Å²) in [5.41, 5.74) is 3.11. The maximum absolute atomic E-state index is 14.8. The highest BCUT2D eigenvalue weighted by molar-refractivity contribution is 6.32. The van der Waals surface area contributed by atoms with Gasteiger partial charge in [-0.05, 0) is 30.7 Å². The molecule has 3 atom stereocenters. The van der Waals surface area contributed by atoms with E-state index in [0.29, 0.717) is 33.8 Å². The van der Waals surface area contributed by atoms with E-state index in [-0.39, 0.29) is 17.3 Å². The molecule has 2 aliphatic heterocycles. The molecule has 42 heavy (non-hydrogen) atoms. The van der Waals surface area contributed by atoms with Gasteiger partial charge in [-0.3, -0.25) is 14.4 Å². The molecular formula is C36H29NO5. The van der Waals surface area contributed by atoms with Gasteiger partial charge in [0.2, 0.25) is 0 Å². The zero-order chi connectivity index (χ0) is 29.2. The number of ketones is 3. The molecule has 0 aromatic heterocycles. The lowest BCUT2D eigenvalue weighted by Crippen LogP contribution is -2.48. The number of nitrogens with zero attached hydrogens (tertiary/aromatic N) is 1. The van der Waals surface area contributed by atoms with Gasteiger partial charge in [-0.1, -0.05) is 84.4 Å². The van der Waals surface area contributed by atoms with Crippen LogP contribution in [0.3, 0.4) is 0 Å². The Morgan fingerprint density at radius 2 is 1.50 bits per heavy atom. The lowest BCUT2D eigenvalue weighted by atomic mass is 9.64. The molecule has 1 fully saturated rings. The number of ether oxygens (including phenoxy) is 2. The fraction of sp³-hybridized carbons (Fsp3) is 0.194. The van der Waals surface area contributed by atoms with Crippen LogP contribution >= 0.6 is 0 Å². The van der Waals surface area contributed by atoms with E-state index in [2.05, 4.69) is 6.07 Å². The Morgan fingerprint density at radius 1 is 0.810 bits per heavy atom.